The van der Waals surface area contributed by atoms with Crippen molar-refractivity contribution < 1.29 is 9.47 Å². The van der Waals surface area contributed by atoms with Crippen LogP contribution in [0.3, 0.4) is 0 Å². The third-order valence-corrected chi connectivity index (χ3v) is 3.77. The van der Waals surface area contributed by atoms with Crippen molar-refractivity contribution in [1.29, 1.82) is 0 Å². The van der Waals surface area contributed by atoms with E-state index in [1.807, 2.05) is 78.9 Å². The summed E-state index contributed by atoms with van der Waals surface area (Å²) >= 11 is 0. The Morgan fingerprint density at radius 2 is 1.29 bits per heavy atom. The first-order valence-electron chi connectivity index (χ1n) is 8.04. The minimum atomic E-state index is 0.564. The topological polar surface area (TPSA) is 44.5 Å². The second-order valence-corrected chi connectivity index (χ2v) is 5.54. The van der Waals surface area contributed by atoms with Crippen LogP contribution in [0.4, 0.5) is 5.69 Å². The molecule has 0 amide bonds. The Hall–Kier alpha value is -2.94. The zero-order valence-electron chi connectivity index (χ0n) is 13.5. The summed E-state index contributed by atoms with van der Waals surface area (Å²) in [6.07, 6.45) is 0.791. The van der Waals surface area contributed by atoms with Crippen molar-refractivity contribution in [2.24, 2.45) is 0 Å². The maximum absolute atomic E-state index is 5.93. The lowest BCUT2D eigenvalue weighted by atomic mass is 10.1. The van der Waals surface area contributed by atoms with Crippen LogP contribution in [0, 0.1) is 0 Å². The van der Waals surface area contributed by atoms with Gasteiger partial charge in [-0.05, 0) is 41.5 Å². The van der Waals surface area contributed by atoms with Crippen LogP contribution in [0.5, 0.6) is 11.5 Å². The molecule has 0 aliphatic heterocycles. The van der Waals surface area contributed by atoms with E-state index in [1.54, 1.807) is 0 Å². The van der Waals surface area contributed by atoms with Crippen molar-refractivity contribution in [3.8, 4) is 11.5 Å². The van der Waals surface area contributed by atoms with Crippen molar-refractivity contribution in [2.45, 2.75) is 13.0 Å². The molecular weight excluding hydrogens is 298 g/mol. The van der Waals surface area contributed by atoms with Gasteiger partial charge in [-0.1, -0.05) is 48.5 Å². The summed E-state index contributed by atoms with van der Waals surface area (Å²) in [7, 11) is 0. The maximum Gasteiger partial charge on any atom is 0.120 e. The molecule has 0 saturated carbocycles. The number of hydrogen-bond donors (Lipinski definition) is 1. The summed E-state index contributed by atoms with van der Waals surface area (Å²) in [4.78, 5) is 0. The number of rotatable bonds is 7. The van der Waals surface area contributed by atoms with Crippen molar-refractivity contribution in [1.82, 2.24) is 0 Å². The lowest BCUT2D eigenvalue weighted by Gasteiger charge is -2.10. The molecule has 0 fully saturated rings. The monoisotopic (exact) mass is 319 g/mol. The Balaban J connectivity index is 1.47. The van der Waals surface area contributed by atoms with Gasteiger partial charge in [0.1, 0.15) is 18.1 Å². The Morgan fingerprint density at radius 1 is 0.667 bits per heavy atom. The summed E-state index contributed by atoms with van der Waals surface area (Å²) in [5.74, 6) is 1.66. The number of para-hydroxylation sites is 1. The first-order chi connectivity index (χ1) is 11.8. The molecule has 2 N–H and O–H groups in total. The predicted molar refractivity (Wildman–Crippen MR) is 97.3 cm³/mol. The van der Waals surface area contributed by atoms with E-state index in [0.29, 0.717) is 13.2 Å². The summed E-state index contributed by atoms with van der Waals surface area (Å²) in [5, 5.41) is 0. The van der Waals surface area contributed by atoms with Crippen LogP contribution in [-0.4, -0.2) is 6.61 Å². The van der Waals surface area contributed by atoms with E-state index in [0.717, 1.165) is 34.7 Å². The summed E-state index contributed by atoms with van der Waals surface area (Å²) in [6.45, 7) is 1.16. The van der Waals surface area contributed by atoms with Crippen LogP contribution >= 0.6 is 0 Å². The second kappa shape index (κ2) is 8.06. The molecular formula is C21H21NO2. The number of anilines is 1. The molecule has 0 spiro atoms. The molecule has 3 aromatic rings. The van der Waals surface area contributed by atoms with Gasteiger partial charge >= 0.3 is 0 Å². The van der Waals surface area contributed by atoms with E-state index in [-0.39, 0.29) is 0 Å². The first kappa shape index (κ1) is 15.9. The Bertz CT molecular complexity index is 754. The fraction of sp³-hybridized carbons (Fsp3) is 0.143. The van der Waals surface area contributed by atoms with E-state index in [1.165, 1.54) is 0 Å². The molecule has 0 aromatic heterocycles. The van der Waals surface area contributed by atoms with E-state index in [4.69, 9.17) is 15.2 Å². The van der Waals surface area contributed by atoms with Crippen LogP contribution in [0.2, 0.25) is 0 Å². The molecule has 0 heterocycles. The average Bonchev–Trinajstić information content (AvgIpc) is 2.63. The summed E-state index contributed by atoms with van der Waals surface area (Å²) in [6, 6.07) is 25.7. The predicted octanol–water partition coefficient (Wildman–Crippen LogP) is 4.47. The minimum absolute atomic E-state index is 0.564. The lowest BCUT2D eigenvalue weighted by Crippen LogP contribution is -2.03. The number of benzene rings is 3. The Morgan fingerprint density at radius 3 is 2.00 bits per heavy atom. The number of ether oxygens (including phenoxy) is 2. The highest BCUT2D eigenvalue weighted by atomic mass is 16.5. The van der Waals surface area contributed by atoms with Gasteiger partial charge in [0, 0.05) is 12.1 Å². The molecule has 3 rings (SSSR count). The summed E-state index contributed by atoms with van der Waals surface area (Å²) < 4.78 is 11.5. The van der Waals surface area contributed by atoms with Gasteiger partial charge in [0.05, 0.1) is 6.61 Å². The van der Waals surface area contributed by atoms with Gasteiger partial charge in [-0.15, -0.1) is 0 Å². The minimum Gasteiger partial charge on any atom is -0.493 e. The average molecular weight is 319 g/mol. The normalized spacial score (nSPS) is 10.3. The lowest BCUT2D eigenvalue weighted by molar-refractivity contribution is 0.302. The van der Waals surface area contributed by atoms with Crippen molar-refractivity contribution in [3.05, 3.63) is 90.0 Å². The van der Waals surface area contributed by atoms with Gasteiger partial charge in [-0.25, -0.2) is 0 Å². The zero-order chi connectivity index (χ0) is 16.6. The molecule has 0 saturated heterocycles. The highest BCUT2D eigenvalue weighted by Gasteiger charge is 2.00. The molecule has 0 atom stereocenters. The van der Waals surface area contributed by atoms with Gasteiger partial charge in [-0.3, -0.25) is 0 Å². The van der Waals surface area contributed by atoms with Gasteiger partial charge in [-0.2, -0.15) is 0 Å². The van der Waals surface area contributed by atoms with Crippen LogP contribution in [0.1, 0.15) is 11.1 Å². The highest BCUT2D eigenvalue weighted by Crippen LogP contribution is 2.19. The van der Waals surface area contributed by atoms with Crippen LogP contribution in [-0.2, 0) is 13.0 Å². The quantitative estimate of drug-likeness (QED) is 0.654. The van der Waals surface area contributed by atoms with Crippen molar-refractivity contribution in [2.75, 3.05) is 12.3 Å². The van der Waals surface area contributed by atoms with Crippen molar-refractivity contribution >= 4 is 5.69 Å². The van der Waals surface area contributed by atoms with Gasteiger partial charge in [0.25, 0.3) is 0 Å². The number of nitrogen functional groups attached to an aromatic ring is 1. The van der Waals surface area contributed by atoms with Crippen LogP contribution in [0.25, 0.3) is 0 Å². The molecule has 122 valence electrons. The van der Waals surface area contributed by atoms with Crippen LogP contribution in [0.15, 0.2) is 78.9 Å². The van der Waals surface area contributed by atoms with E-state index < -0.39 is 0 Å². The number of hydrogen-bond acceptors (Lipinski definition) is 3. The zero-order valence-corrected chi connectivity index (χ0v) is 13.5. The summed E-state index contributed by atoms with van der Waals surface area (Å²) in [5.41, 5.74) is 9.00. The molecule has 0 aliphatic carbocycles. The van der Waals surface area contributed by atoms with Crippen LogP contribution < -0.4 is 15.2 Å². The largest absolute Gasteiger partial charge is 0.493 e. The molecule has 3 heteroatoms. The third kappa shape index (κ3) is 4.53. The van der Waals surface area contributed by atoms with E-state index in [9.17, 15) is 0 Å². The number of nitrogens with two attached hydrogens (primary N) is 1. The second-order valence-electron chi connectivity index (χ2n) is 5.54. The Kier molecular flexibility index (Phi) is 5.36. The molecule has 0 aliphatic rings. The first-order valence-corrected chi connectivity index (χ1v) is 8.04. The maximum atomic E-state index is 5.93. The fourth-order valence-corrected chi connectivity index (χ4v) is 2.41. The molecule has 0 bridgehead atoms. The van der Waals surface area contributed by atoms with Crippen molar-refractivity contribution in [3.63, 3.8) is 0 Å². The van der Waals surface area contributed by atoms with E-state index >= 15 is 0 Å². The Labute approximate surface area is 142 Å². The molecule has 24 heavy (non-hydrogen) atoms. The van der Waals surface area contributed by atoms with Gasteiger partial charge in [0.2, 0.25) is 0 Å². The fourth-order valence-electron chi connectivity index (χ4n) is 2.41. The molecule has 0 radical (unpaired) electrons. The third-order valence-electron chi connectivity index (χ3n) is 3.77. The molecule has 3 nitrogen and oxygen atoms in total. The SMILES string of the molecule is Nc1ccccc1CCOc1ccc(OCc2ccccc2)cc1. The molecule has 3 aromatic carbocycles. The standard InChI is InChI=1S/C21H21NO2/c22-21-9-5-4-8-18(21)14-15-23-19-10-12-20(13-11-19)24-16-17-6-2-1-3-7-17/h1-13H,14-16,22H2. The highest BCUT2D eigenvalue weighted by molar-refractivity contribution is 5.46. The van der Waals surface area contributed by atoms with Gasteiger partial charge < -0.3 is 15.2 Å². The van der Waals surface area contributed by atoms with Gasteiger partial charge in [0.15, 0.2) is 0 Å². The van der Waals surface area contributed by atoms with E-state index in [2.05, 4.69) is 0 Å². The molecule has 0 unspecified atom stereocenters. The smallest absolute Gasteiger partial charge is 0.120 e.